The predicted octanol–water partition coefficient (Wildman–Crippen LogP) is 3.23. The number of rotatable bonds is 4. The van der Waals surface area contributed by atoms with Gasteiger partial charge in [-0.25, -0.2) is 0 Å². The molecule has 0 aromatic heterocycles. The molecule has 0 spiro atoms. The van der Waals surface area contributed by atoms with Gasteiger partial charge in [-0.15, -0.1) is 0 Å². The van der Waals surface area contributed by atoms with Crippen LogP contribution in [0.3, 0.4) is 0 Å². The minimum atomic E-state index is -0.0381. The van der Waals surface area contributed by atoms with Gasteiger partial charge < -0.3 is 15.5 Å². The smallest absolute Gasteiger partial charge is 0.253 e. The zero-order chi connectivity index (χ0) is 19.2. The van der Waals surface area contributed by atoms with E-state index in [0.717, 1.165) is 17.7 Å². The Hall–Kier alpha value is -2.53. The number of anilines is 1. The summed E-state index contributed by atoms with van der Waals surface area (Å²) in [6, 6.07) is 14.6. The molecule has 1 fully saturated rings. The second kappa shape index (κ2) is 8.91. The number of nitrogens with two attached hydrogens (primary N) is 1. The van der Waals surface area contributed by atoms with Crippen molar-refractivity contribution in [2.24, 2.45) is 0 Å². The molecule has 0 bridgehead atoms. The molecule has 2 N–H and O–H groups in total. The van der Waals surface area contributed by atoms with E-state index in [-0.39, 0.29) is 11.8 Å². The summed E-state index contributed by atoms with van der Waals surface area (Å²) >= 11 is 5.99. The second-order valence-electron chi connectivity index (χ2n) is 6.74. The van der Waals surface area contributed by atoms with Gasteiger partial charge in [0.25, 0.3) is 5.91 Å². The topological polar surface area (TPSA) is 66.6 Å². The van der Waals surface area contributed by atoms with Crippen LogP contribution in [-0.4, -0.2) is 47.8 Å². The first-order chi connectivity index (χ1) is 13.0. The first kappa shape index (κ1) is 19.2. The third kappa shape index (κ3) is 5.01. The number of carbonyl (C=O) groups excluding carboxylic acids is 2. The van der Waals surface area contributed by atoms with E-state index >= 15 is 0 Å². The number of nitrogen functional groups attached to an aromatic ring is 1. The molecule has 0 radical (unpaired) electrons. The van der Waals surface area contributed by atoms with Crippen LogP contribution in [0.2, 0.25) is 5.02 Å². The summed E-state index contributed by atoms with van der Waals surface area (Å²) in [5.74, 6) is 0.0687. The van der Waals surface area contributed by atoms with Gasteiger partial charge in [-0.2, -0.15) is 0 Å². The number of benzene rings is 2. The SMILES string of the molecule is Nc1ccccc1CCC(=O)N1CCCN(C(=O)c2cccc(Cl)c2)CC1. The molecule has 0 unspecified atom stereocenters. The Morgan fingerprint density at radius 3 is 2.48 bits per heavy atom. The summed E-state index contributed by atoms with van der Waals surface area (Å²) < 4.78 is 0. The van der Waals surface area contributed by atoms with Crippen LogP contribution in [0.5, 0.6) is 0 Å². The average molecular weight is 386 g/mol. The number of halogens is 1. The largest absolute Gasteiger partial charge is 0.399 e. The van der Waals surface area contributed by atoms with Gasteiger partial charge in [-0.1, -0.05) is 35.9 Å². The molecule has 2 aromatic carbocycles. The first-order valence-electron chi connectivity index (χ1n) is 9.20. The lowest BCUT2D eigenvalue weighted by atomic mass is 10.1. The van der Waals surface area contributed by atoms with Crippen molar-refractivity contribution in [2.45, 2.75) is 19.3 Å². The summed E-state index contributed by atoms with van der Waals surface area (Å²) in [6.45, 7) is 2.39. The Morgan fingerprint density at radius 1 is 0.963 bits per heavy atom. The first-order valence-corrected chi connectivity index (χ1v) is 9.58. The molecule has 5 nitrogen and oxygen atoms in total. The lowest BCUT2D eigenvalue weighted by Crippen LogP contribution is -2.37. The molecule has 6 heteroatoms. The van der Waals surface area contributed by atoms with Gasteiger partial charge in [0.15, 0.2) is 0 Å². The van der Waals surface area contributed by atoms with Crippen LogP contribution in [0.25, 0.3) is 0 Å². The third-order valence-electron chi connectivity index (χ3n) is 4.87. The highest BCUT2D eigenvalue weighted by Crippen LogP contribution is 2.16. The highest BCUT2D eigenvalue weighted by atomic mass is 35.5. The minimum Gasteiger partial charge on any atom is -0.399 e. The molecule has 27 heavy (non-hydrogen) atoms. The molecule has 2 amide bonds. The minimum absolute atomic E-state index is 0.0381. The molecule has 1 aliphatic rings. The molecule has 2 aromatic rings. The maximum absolute atomic E-state index is 12.7. The molecule has 0 atom stereocenters. The van der Waals surface area contributed by atoms with Gasteiger partial charge in [-0.05, 0) is 42.7 Å². The molecule has 3 rings (SSSR count). The van der Waals surface area contributed by atoms with Crippen LogP contribution < -0.4 is 5.73 Å². The van der Waals surface area contributed by atoms with Gasteiger partial charge in [0, 0.05) is 48.9 Å². The van der Waals surface area contributed by atoms with E-state index in [4.69, 9.17) is 17.3 Å². The number of carbonyl (C=O) groups is 2. The van der Waals surface area contributed by atoms with Crippen molar-refractivity contribution in [3.05, 3.63) is 64.7 Å². The Bertz CT molecular complexity index is 825. The van der Waals surface area contributed by atoms with Crippen molar-refractivity contribution in [1.29, 1.82) is 0 Å². The third-order valence-corrected chi connectivity index (χ3v) is 5.11. The van der Waals surface area contributed by atoms with Crippen molar-refractivity contribution in [2.75, 3.05) is 31.9 Å². The summed E-state index contributed by atoms with van der Waals surface area (Å²) in [4.78, 5) is 28.9. The summed E-state index contributed by atoms with van der Waals surface area (Å²) in [5, 5.41) is 0.549. The fraction of sp³-hybridized carbons (Fsp3) is 0.333. The zero-order valence-electron chi connectivity index (χ0n) is 15.2. The monoisotopic (exact) mass is 385 g/mol. The summed E-state index contributed by atoms with van der Waals surface area (Å²) in [7, 11) is 0. The summed E-state index contributed by atoms with van der Waals surface area (Å²) in [5.41, 5.74) is 8.25. The van der Waals surface area contributed by atoms with Crippen LogP contribution in [0.4, 0.5) is 5.69 Å². The van der Waals surface area contributed by atoms with E-state index in [1.54, 1.807) is 29.2 Å². The molecule has 142 valence electrons. The van der Waals surface area contributed by atoms with Gasteiger partial charge >= 0.3 is 0 Å². The van der Waals surface area contributed by atoms with Crippen LogP contribution >= 0.6 is 11.6 Å². The quantitative estimate of drug-likeness (QED) is 0.821. The Labute approximate surface area is 164 Å². The average Bonchev–Trinajstić information content (AvgIpc) is 2.93. The molecular weight excluding hydrogens is 362 g/mol. The summed E-state index contributed by atoms with van der Waals surface area (Å²) in [6.07, 6.45) is 1.83. The number of para-hydroxylation sites is 1. The lowest BCUT2D eigenvalue weighted by Gasteiger charge is -2.22. The van der Waals surface area contributed by atoms with Crippen molar-refractivity contribution in [1.82, 2.24) is 9.80 Å². The molecule has 1 saturated heterocycles. The normalized spacial score (nSPS) is 14.7. The number of hydrogen-bond donors (Lipinski definition) is 1. The van der Waals surface area contributed by atoms with E-state index in [2.05, 4.69) is 0 Å². The van der Waals surface area contributed by atoms with Crippen molar-refractivity contribution >= 4 is 29.1 Å². The molecule has 0 saturated carbocycles. The van der Waals surface area contributed by atoms with E-state index in [9.17, 15) is 9.59 Å². The highest BCUT2D eigenvalue weighted by molar-refractivity contribution is 6.30. The number of hydrogen-bond acceptors (Lipinski definition) is 3. The molecule has 0 aliphatic carbocycles. The molecule has 1 aliphatic heterocycles. The van der Waals surface area contributed by atoms with Crippen LogP contribution in [0.15, 0.2) is 48.5 Å². The standard InChI is InChI=1S/C21H24ClN3O2/c22-18-7-3-6-17(15-18)21(27)25-12-4-11-24(13-14-25)20(26)10-9-16-5-1-2-8-19(16)23/h1-3,5-8,15H,4,9-14,23H2. The maximum atomic E-state index is 12.7. The van der Waals surface area contributed by atoms with Crippen molar-refractivity contribution in [3.8, 4) is 0 Å². The van der Waals surface area contributed by atoms with Crippen molar-refractivity contribution in [3.63, 3.8) is 0 Å². The Kier molecular flexibility index (Phi) is 6.35. The van der Waals surface area contributed by atoms with E-state index in [0.29, 0.717) is 49.6 Å². The van der Waals surface area contributed by atoms with Crippen LogP contribution in [-0.2, 0) is 11.2 Å². The highest BCUT2D eigenvalue weighted by Gasteiger charge is 2.22. The lowest BCUT2D eigenvalue weighted by molar-refractivity contribution is -0.131. The van der Waals surface area contributed by atoms with Gasteiger partial charge in [-0.3, -0.25) is 9.59 Å². The fourth-order valence-corrected chi connectivity index (χ4v) is 3.53. The van der Waals surface area contributed by atoms with Crippen LogP contribution in [0, 0.1) is 0 Å². The Morgan fingerprint density at radius 2 is 1.70 bits per heavy atom. The van der Waals surface area contributed by atoms with Gasteiger partial charge in [0.1, 0.15) is 0 Å². The fourth-order valence-electron chi connectivity index (χ4n) is 3.34. The Balaban J connectivity index is 1.55. The van der Waals surface area contributed by atoms with Gasteiger partial charge in [0.2, 0.25) is 5.91 Å². The van der Waals surface area contributed by atoms with Crippen LogP contribution in [0.1, 0.15) is 28.8 Å². The molecule has 1 heterocycles. The van der Waals surface area contributed by atoms with E-state index in [1.165, 1.54) is 0 Å². The maximum Gasteiger partial charge on any atom is 0.253 e. The second-order valence-corrected chi connectivity index (χ2v) is 7.17. The number of amides is 2. The van der Waals surface area contributed by atoms with E-state index < -0.39 is 0 Å². The predicted molar refractivity (Wildman–Crippen MR) is 108 cm³/mol. The number of aryl methyl sites for hydroxylation is 1. The van der Waals surface area contributed by atoms with E-state index in [1.807, 2.05) is 29.2 Å². The van der Waals surface area contributed by atoms with Gasteiger partial charge in [0.05, 0.1) is 0 Å². The zero-order valence-corrected chi connectivity index (χ0v) is 16.0. The number of nitrogens with zero attached hydrogens (tertiary/aromatic N) is 2. The molecular formula is C21H24ClN3O2. The van der Waals surface area contributed by atoms with Crippen molar-refractivity contribution < 1.29 is 9.59 Å².